The van der Waals surface area contributed by atoms with Crippen LogP contribution in [0.4, 0.5) is 0 Å². The van der Waals surface area contributed by atoms with Gasteiger partial charge in [-0.1, -0.05) is 48.5 Å². The van der Waals surface area contributed by atoms with Crippen molar-refractivity contribution in [3.8, 4) is 0 Å². The van der Waals surface area contributed by atoms with Crippen LogP contribution in [0.2, 0.25) is 0 Å². The lowest BCUT2D eigenvalue weighted by Gasteiger charge is -2.33. The van der Waals surface area contributed by atoms with E-state index in [0.717, 1.165) is 10.5 Å². The molecule has 2 aliphatic rings. The third-order valence-corrected chi connectivity index (χ3v) is 7.86. The molecule has 1 N–H and O–H groups in total. The molecule has 2 aromatic rings. The zero-order chi connectivity index (χ0) is 21.1. The van der Waals surface area contributed by atoms with Gasteiger partial charge >= 0.3 is 0 Å². The lowest BCUT2D eigenvalue weighted by Crippen LogP contribution is -3.19. The number of quaternary nitrogens is 1. The summed E-state index contributed by atoms with van der Waals surface area (Å²) in [6.07, 6.45) is 0.845. The number of carbonyl (C=O) groups excluding carboxylic acids is 2. The summed E-state index contributed by atoms with van der Waals surface area (Å²) in [4.78, 5) is 28.0. The largest absolute Gasteiger partial charge is 0.322 e. The minimum absolute atomic E-state index is 0.132. The molecule has 7 nitrogen and oxygen atoms in total. The highest BCUT2D eigenvalue weighted by Crippen LogP contribution is 2.16. The molecular weight excluding hydrogens is 402 g/mol. The van der Waals surface area contributed by atoms with E-state index in [2.05, 4.69) is 0 Å². The van der Waals surface area contributed by atoms with Gasteiger partial charge in [-0.25, -0.2) is 8.42 Å². The summed E-state index contributed by atoms with van der Waals surface area (Å²) in [5, 5.41) is 0. The van der Waals surface area contributed by atoms with Gasteiger partial charge in [-0.3, -0.25) is 14.5 Å². The second kappa shape index (κ2) is 8.67. The Kier molecular flexibility index (Phi) is 5.99. The van der Waals surface area contributed by atoms with Gasteiger partial charge in [0.2, 0.25) is 15.9 Å². The van der Waals surface area contributed by atoms with Gasteiger partial charge in [0, 0.05) is 6.54 Å². The number of carbonyl (C=O) groups is 2. The molecule has 1 unspecified atom stereocenters. The third kappa shape index (κ3) is 4.16. The van der Waals surface area contributed by atoms with Crippen LogP contribution >= 0.6 is 0 Å². The SMILES string of the molecule is O=C1CC([NH+]2CCN(S(=O)(=O)c3ccccc3)CC2)C(=O)N1CCc1ccccc1. The fraction of sp³-hybridized carbons (Fsp3) is 0.364. The summed E-state index contributed by atoms with van der Waals surface area (Å²) in [6.45, 7) is 2.10. The number of sulfonamides is 1. The molecule has 8 heteroatoms. The molecule has 1 atom stereocenters. The summed E-state index contributed by atoms with van der Waals surface area (Å²) in [7, 11) is -3.53. The number of rotatable bonds is 6. The average Bonchev–Trinajstić information content (AvgIpc) is 3.07. The van der Waals surface area contributed by atoms with Gasteiger partial charge in [-0.05, 0) is 24.1 Å². The molecule has 158 valence electrons. The van der Waals surface area contributed by atoms with Crippen molar-refractivity contribution in [3.05, 3.63) is 66.2 Å². The van der Waals surface area contributed by atoms with E-state index in [1.165, 1.54) is 9.21 Å². The molecule has 0 saturated carbocycles. The molecule has 2 amide bonds. The molecule has 2 aliphatic heterocycles. The first kappa shape index (κ1) is 20.7. The Morgan fingerprint density at radius 1 is 0.900 bits per heavy atom. The van der Waals surface area contributed by atoms with Gasteiger partial charge < -0.3 is 4.90 Å². The maximum absolute atomic E-state index is 12.9. The fourth-order valence-electron chi connectivity index (χ4n) is 4.23. The maximum Gasteiger partial charge on any atom is 0.288 e. The van der Waals surface area contributed by atoms with E-state index in [1.807, 2.05) is 30.3 Å². The number of likely N-dealkylation sites (tertiary alicyclic amines) is 1. The molecule has 0 bridgehead atoms. The smallest absolute Gasteiger partial charge is 0.288 e. The monoisotopic (exact) mass is 428 g/mol. The predicted molar refractivity (Wildman–Crippen MR) is 111 cm³/mol. The van der Waals surface area contributed by atoms with Crippen molar-refractivity contribution in [2.75, 3.05) is 32.7 Å². The van der Waals surface area contributed by atoms with Crippen molar-refractivity contribution in [3.63, 3.8) is 0 Å². The fourth-order valence-corrected chi connectivity index (χ4v) is 5.69. The van der Waals surface area contributed by atoms with Crippen LogP contribution in [0.15, 0.2) is 65.6 Å². The molecule has 2 aromatic carbocycles. The molecule has 30 heavy (non-hydrogen) atoms. The minimum Gasteiger partial charge on any atom is -0.322 e. The Hall–Kier alpha value is -2.55. The summed E-state index contributed by atoms with van der Waals surface area (Å²) >= 11 is 0. The second-order valence-electron chi connectivity index (χ2n) is 7.75. The number of nitrogens with zero attached hydrogens (tertiary/aromatic N) is 2. The molecule has 0 aromatic heterocycles. The Labute approximate surface area is 176 Å². The van der Waals surface area contributed by atoms with Crippen molar-refractivity contribution in [1.82, 2.24) is 9.21 Å². The zero-order valence-corrected chi connectivity index (χ0v) is 17.6. The van der Waals surface area contributed by atoms with Crippen LogP contribution in [-0.4, -0.2) is 68.2 Å². The molecule has 0 spiro atoms. The van der Waals surface area contributed by atoms with E-state index >= 15 is 0 Å². The van der Waals surface area contributed by atoms with Crippen LogP contribution in [-0.2, 0) is 26.0 Å². The summed E-state index contributed by atoms with van der Waals surface area (Å²) < 4.78 is 27.1. The quantitative estimate of drug-likeness (QED) is 0.655. The molecular formula is C22H26N3O4S+. The molecule has 2 heterocycles. The molecule has 2 fully saturated rings. The second-order valence-corrected chi connectivity index (χ2v) is 9.69. The lowest BCUT2D eigenvalue weighted by molar-refractivity contribution is -0.918. The Balaban J connectivity index is 1.36. The van der Waals surface area contributed by atoms with Crippen LogP contribution in [0.5, 0.6) is 0 Å². The van der Waals surface area contributed by atoms with Gasteiger partial charge in [-0.15, -0.1) is 0 Å². The number of hydrogen-bond donors (Lipinski definition) is 1. The predicted octanol–water partition coefficient (Wildman–Crippen LogP) is -0.0540. The number of amides is 2. The van der Waals surface area contributed by atoms with Crippen LogP contribution in [0, 0.1) is 0 Å². The summed E-state index contributed by atoms with van der Waals surface area (Å²) in [5.41, 5.74) is 1.09. The molecule has 0 radical (unpaired) electrons. The highest BCUT2D eigenvalue weighted by atomic mass is 32.2. The van der Waals surface area contributed by atoms with Crippen LogP contribution in [0.1, 0.15) is 12.0 Å². The van der Waals surface area contributed by atoms with E-state index < -0.39 is 16.1 Å². The summed E-state index contributed by atoms with van der Waals surface area (Å²) in [5.74, 6) is -0.266. The van der Waals surface area contributed by atoms with Crippen molar-refractivity contribution in [1.29, 1.82) is 0 Å². The summed E-state index contributed by atoms with van der Waals surface area (Å²) in [6, 6.07) is 17.8. The Morgan fingerprint density at radius 2 is 1.50 bits per heavy atom. The van der Waals surface area contributed by atoms with E-state index in [-0.39, 0.29) is 23.1 Å². The highest BCUT2D eigenvalue weighted by molar-refractivity contribution is 7.89. The van der Waals surface area contributed by atoms with Crippen molar-refractivity contribution in [2.24, 2.45) is 0 Å². The first-order valence-corrected chi connectivity index (χ1v) is 11.7. The number of benzene rings is 2. The van der Waals surface area contributed by atoms with Gasteiger partial charge in [0.15, 0.2) is 6.04 Å². The normalized spacial score (nSPS) is 21.3. The van der Waals surface area contributed by atoms with E-state index in [4.69, 9.17) is 0 Å². The van der Waals surface area contributed by atoms with Crippen molar-refractivity contribution >= 4 is 21.8 Å². The Bertz CT molecular complexity index is 1000. The molecule has 4 rings (SSSR count). The van der Waals surface area contributed by atoms with Crippen LogP contribution in [0.25, 0.3) is 0 Å². The first-order chi connectivity index (χ1) is 14.5. The van der Waals surface area contributed by atoms with Crippen molar-refractivity contribution < 1.29 is 22.9 Å². The number of imide groups is 1. The minimum atomic E-state index is -3.53. The average molecular weight is 429 g/mol. The van der Waals surface area contributed by atoms with E-state index in [1.54, 1.807) is 30.3 Å². The topological polar surface area (TPSA) is 79.2 Å². The van der Waals surface area contributed by atoms with Crippen LogP contribution in [0.3, 0.4) is 0 Å². The lowest BCUT2D eigenvalue weighted by atomic mass is 10.1. The zero-order valence-electron chi connectivity index (χ0n) is 16.7. The van der Waals surface area contributed by atoms with Crippen molar-refractivity contribution in [2.45, 2.75) is 23.8 Å². The Morgan fingerprint density at radius 3 is 2.13 bits per heavy atom. The number of hydrogen-bond acceptors (Lipinski definition) is 4. The first-order valence-electron chi connectivity index (χ1n) is 10.2. The van der Waals surface area contributed by atoms with E-state index in [0.29, 0.717) is 39.1 Å². The van der Waals surface area contributed by atoms with E-state index in [9.17, 15) is 18.0 Å². The maximum atomic E-state index is 12.9. The van der Waals surface area contributed by atoms with Gasteiger partial charge in [0.05, 0.1) is 37.5 Å². The molecule has 0 aliphatic carbocycles. The standard InChI is InChI=1S/C22H25N3O4S/c26-21-17-20(22(27)25(21)12-11-18-7-3-1-4-8-18)23-13-15-24(16-14-23)30(28,29)19-9-5-2-6-10-19/h1-10,20H,11-17H2/p+1. The van der Waals surface area contributed by atoms with Gasteiger partial charge in [-0.2, -0.15) is 4.31 Å². The van der Waals surface area contributed by atoms with Crippen LogP contribution < -0.4 is 4.90 Å². The molecule has 2 saturated heterocycles. The van der Waals surface area contributed by atoms with Gasteiger partial charge in [0.1, 0.15) is 0 Å². The van der Waals surface area contributed by atoms with Gasteiger partial charge in [0.25, 0.3) is 5.91 Å². The number of piperazine rings is 1. The third-order valence-electron chi connectivity index (χ3n) is 5.95. The highest BCUT2D eigenvalue weighted by Gasteiger charge is 2.46. The number of nitrogens with one attached hydrogen (secondary N) is 1.